The predicted molar refractivity (Wildman–Crippen MR) is 81.1 cm³/mol. The van der Waals surface area contributed by atoms with Crippen LogP contribution in [0.1, 0.15) is 17.2 Å². The lowest BCUT2D eigenvalue weighted by Gasteiger charge is -2.14. The van der Waals surface area contributed by atoms with Gasteiger partial charge in [-0.1, -0.05) is 11.6 Å². The Bertz CT molecular complexity index is 620. The van der Waals surface area contributed by atoms with Crippen LogP contribution in [0, 0.1) is 0 Å². The molecule has 3 nitrogen and oxygen atoms in total. The van der Waals surface area contributed by atoms with Gasteiger partial charge in [-0.15, -0.1) is 0 Å². The van der Waals surface area contributed by atoms with Crippen molar-refractivity contribution in [1.82, 2.24) is 0 Å². The number of rotatable bonds is 3. The van der Waals surface area contributed by atoms with Crippen molar-refractivity contribution >= 4 is 17.3 Å². The molecule has 0 saturated carbocycles. The minimum absolute atomic E-state index is 0.215. The number of hydrogen-bond donors (Lipinski definition) is 1. The zero-order valence-corrected chi connectivity index (χ0v) is 12.2. The van der Waals surface area contributed by atoms with Gasteiger partial charge in [0.1, 0.15) is 11.5 Å². The molecule has 1 heterocycles. The van der Waals surface area contributed by atoms with Crippen molar-refractivity contribution < 1.29 is 9.47 Å². The molecule has 0 aliphatic carbocycles. The first-order valence-corrected chi connectivity index (χ1v) is 6.85. The molecule has 4 heteroatoms. The van der Waals surface area contributed by atoms with Crippen LogP contribution in [0.4, 0.5) is 5.69 Å². The molecule has 1 unspecified atom stereocenters. The van der Waals surface area contributed by atoms with Crippen molar-refractivity contribution in [1.29, 1.82) is 0 Å². The van der Waals surface area contributed by atoms with Gasteiger partial charge in [-0.3, -0.25) is 0 Å². The SMILES string of the molecule is COc1cc(OC)cc(C2Cc3cc(Cl)ccc3N2)c1. The molecule has 1 N–H and O–H groups in total. The predicted octanol–water partition coefficient (Wildman–Crippen LogP) is 4.07. The van der Waals surface area contributed by atoms with E-state index >= 15 is 0 Å². The number of anilines is 1. The first-order valence-electron chi connectivity index (χ1n) is 6.47. The average molecular weight is 290 g/mol. The van der Waals surface area contributed by atoms with Crippen LogP contribution in [-0.4, -0.2) is 14.2 Å². The summed E-state index contributed by atoms with van der Waals surface area (Å²) in [5.74, 6) is 1.60. The Kier molecular flexibility index (Phi) is 3.45. The first-order chi connectivity index (χ1) is 9.69. The maximum atomic E-state index is 6.04. The number of nitrogens with one attached hydrogen (secondary N) is 1. The van der Waals surface area contributed by atoms with Crippen LogP contribution >= 0.6 is 11.6 Å². The molecule has 0 fully saturated rings. The smallest absolute Gasteiger partial charge is 0.122 e. The number of methoxy groups -OCH3 is 2. The summed E-state index contributed by atoms with van der Waals surface area (Å²) in [6.45, 7) is 0. The van der Waals surface area contributed by atoms with Gasteiger partial charge in [0, 0.05) is 16.8 Å². The molecule has 0 aromatic heterocycles. The summed E-state index contributed by atoms with van der Waals surface area (Å²) >= 11 is 6.04. The Morgan fingerprint density at radius 1 is 1.05 bits per heavy atom. The summed E-state index contributed by atoms with van der Waals surface area (Å²) in [5.41, 5.74) is 3.53. The van der Waals surface area contributed by atoms with Crippen molar-refractivity contribution in [2.45, 2.75) is 12.5 Å². The largest absolute Gasteiger partial charge is 0.497 e. The fraction of sp³-hybridized carbons (Fsp3) is 0.250. The highest BCUT2D eigenvalue weighted by Gasteiger charge is 2.23. The van der Waals surface area contributed by atoms with Crippen molar-refractivity contribution in [2.24, 2.45) is 0 Å². The highest BCUT2D eigenvalue weighted by molar-refractivity contribution is 6.30. The zero-order chi connectivity index (χ0) is 14.1. The monoisotopic (exact) mass is 289 g/mol. The van der Waals surface area contributed by atoms with Gasteiger partial charge in [-0.2, -0.15) is 0 Å². The summed E-state index contributed by atoms with van der Waals surface area (Å²) in [7, 11) is 3.32. The molecule has 1 aliphatic rings. The van der Waals surface area contributed by atoms with Crippen LogP contribution in [0.25, 0.3) is 0 Å². The molecule has 2 aromatic rings. The van der Waals surface area contributed by atoms with Crippen molar-refractivity contribution in [3.63, 3.8) is 0 Å². The molecule has 3 rings (SSSR count). The lowest BCUT2D eigenvalue weighted by atomic mass is 10.0. The normalized spacial score (nSPS) is 16.4. The van der Waals surface area contributed by atoms with Gasteiger partial charge >= 0.3 is 0 Å². The molecule has 0 radical (unpaired) electrons. The molecule has 104 valence electrons. The van der Waals surface area contributed by atoms with Gasteiger partial charge in [0.2, 0.25) is 0 Å². The van der Waals surface area contributed by atoms with E-state index in [4.69, 9.17) is 21.1 Å². The zero-order valence-electron chi connectivity index (χ0n) is 11.4. The van der Waals surface area contributed by atoms with Crippen molar-refractivity contribution in [3.8, 4) is 11.5 Å². The van der Waals surface area contributed by atoms with E-state index in [1.54, 1.807) is 14.2 Å². The third-order valence-electron chi connectivity index (χ3n) is 3.60. The van der Waals surface area contributed by atoms with Gasteiger partial charge in [0.15, 0.2) is 0 Å². The van der Waals surface area contributed by atoms with Crippen LogP contribution < -0.4 is 14.8 Å². The quantitative estimate of drug-likeness (QED) is 0.924. The summed E-state index contributed by atoms with van der Waals surface area (Å²) in [4.78, 5) is 0. The molecule has 1 atom stereocenters. The van der Waals surface area contributed by atoms with E-state index in [2.05, 4.69) is 5.32 Å². The molecule has 2 aromatic carbocycles. The van der Waals surface area contributed by atoms with Gasteiger partial charge in [-0.25, -0.2) is 0 Å². The molecule has 0 bridgehead atoms. The van der Waals surface area contributed by atoms with Crippen molar-refractivity contribution in [2.75, 3.05) is 19.5 Å². The van der Waals surface area contributed by atoms with E-state index in [9.17, 15) is 0 Å². The van der Waals surface area contributed by atoms with Gasteiger partial charge in [-0.05, 0) is 47.9 Å². The minimum atomic E-state index is 0.215. The fourth-order valence-electron chi connectivity index (χ4n) is 2.56. The van der Waals surface area contributed by atoms with Gasteiger partial charge in [0.05, 0.1) is 20.3 Å². The Labute approximate surface area is 123 Å². The van der Waals surface area contributed by atoms with E-state index in [0.717, 1.165) is 34.2 Å². The first kappa shape index (κ1) is 13.1. The average Bonchev–Trinajstić information content (AvgIpc) is 2.89. The second-order valence-electron chi connectivity index (χ2n) is 4.85. The minimum Gasteiger partial charge on any atom is -0.497 e. The third kappa shape index (κ3) is 2.41. The number of fused-ring (bicyclic) bond motifs is 1. The summed E-state index contributed by atoms with van der Waals surface area (Å²) in [6, 6.07) is 12.1. The highest BCUT2D eigenvalue weighted by Crippen LogP contribution is 2.37. The highest BCUT2D eigenvalue weighted by atomic mass is 35.5. The second-order valence-corrected chi connectivity index (χ2v) is 5.28. The summed E-state index contributed by atoms with van der Waals surface area (Å²) in [6.07, 6.45) is 0.909. The molecule has 20 heavy (non-hydrogen) atoms. The summed E-state index contributed by atoms with van der Waals surface area (Å²) < 4.78 is 10.6. The van der Waals surface area contributed by atoms with Crippen LogP contribution in [0.2, 0.25) is 5.02 Å². The van der Waals surface area contributed by atoms with Crippen LogP contribution in [0.5, 0.6) is 11.5 Å². The van der Waals surface area contributed by atoms with Crippen LogP contribution in [0.3, 0.4) is 0 Å². The standard InChI is InChI=1S/C16H16ClNO2/c1-19-13-6-11(7-14(9-13)20-2)16-8-10-5-12(17)3-4-15(10)18-16/h3-7,9,16,18H,8H2,1-2H3. The molecular weight excluding hydrogens is 274 g/mol. The molecular formula is C16H16ClNO2. The van der Waals surface area contributed by atoms with Gasteiger partial charge in [0.25, 0.3) is 0 Å². The third-order valence-corrected chi connectivity index (χ3v) is 3.83. The van der Waals surface area contributed by atoms with Crippen molar-refractivity contribution in [3.05, 3.63) is 52.5 Å². The number of hydrogen-bond acceptors (Lipinski definition) is 3. The fourth-order valence-corrected chi connectivity index (χ4v) is 2.76. The topological polar surface area (TPSA) is 30.5 Å². The summed E-state index contributed by atoms with van der Waals surface area (Å²) in [5, 5.41) is 4.28. The Hall–Kier alpha value is -1.87. The maximum Gasteiger partial charge on any atom is 0.122 e. The molecule has 0 amide bonds. The van der Waals surface area contributed by atoms with E-state index in [-0.39, 0.29) is 6.04 Å². The number of halogens is 1. The Morgan fingerprint density at radius 3 is 2.40 bits per heavy atom. The molecule has 0 spiro atoms. The number of ether oxygens (including phenoxy) is 2. The van der Waals surface area contributed by atoms with E-state index in [0.29, 0.717) is 0 Å². The maximum absolute atomic E-state index is 6.04. The van der Waals surface area contributed by atoms with Gasteiger partial charge < -0.3 is 14.8 Å². The molecule has 1 aliphatic heterocycles. The van der Waals surface area contributed by atoms with E-state index in [1.807, 2.05) is 36.4 Å². The Morgan fingerprint density at radius 2 is 1.75 bits per heavy atom. The number of benzene rings is 2. The Balaban J connectivity index is 1.92. The van der Waals surface area contributed by atoms with E-state index in [1.165, 1.54) is 5.56 Å². The lowest BCUT2D eigenvalue weighted by Crippen LogP contribution is -2.06. The van der Waals surface area contributed by atoms with Crippen LogP contribution in [0.15, 0.2) is 36.4 Å². The van der Waals surface area contributed by atoms with E-state index < -0.39 is 0 Å². The second kappa shape index (κ2) is 5.25. The lowest BCUT2D eigenvalue weighted by molar-refractivity contribution is 0.393. The van der Waals surface area contributed by atoms with Crippen LogP contribution in [-0.2, 0) is 6.42 Å². The molecule has 0 saturated heterocycles.